The molecular formula is C11H8O4. The first-order chi connectivity index (χ1) is 7.09. The molecule has 0 unspecified atom stereocenters. The lowest BCUT2D eigenvalue weighted by Crippen LogP contribution is -2.00. The highest BCUT2D eigenvalue weighted by molar-refractivity contribution is 6.04. The Kier molecular flexibility index (Phi) is 2.04. The minimum absolute atomic E-state index is 0.186. The third-order valence-electron chi connectivity index (χ3n) is 2.12. The number of aromatic hydroxyl groups is 1. The Balaban J connectivity index is 2.92. The van der Waals surface area contributed by atoms with Gasteiger partial charge in [-0.2, -0.15) is 0 Å². The van der Waals surface area contributed by atoms with Gasteiger partial charge in [-0.05, 0) is 19.1 Å². The number of carbonyl (C=O) groups is 1. The van der Waals surface area contributed by atoms with Crippen LogP contribution < -0.4 is 5.63 Å². The maximum atomic E-state index is 11.2. The van der Waals surface area contributed by atoms with Gasteiger partial charge >= 0.3 is 5.63 Å². The molecule has 0 saturated carbocycles. The zero-order chi connectivity index (χ0) is 11.0. The number of fused-ring (bicyclic) bond motifs is 1. The fourth-order valence-electron chi connectivity index (χ4n) is 1.41. The molecule has 0 aliphatic rings. The molecule has 2 aromatic rings. The summed E-state index contributed by atoms with van der Waals surface area (Å²) in [4.78, 5) is 22.3. The van der Waals surface area contributed by atoms with Gasteiger partial charge in [-0.25, -0.2) is 4.79 Å². The van der Waals surface area contributed by atoms with Gasteiger partial charge in [0.1, 0.15) is 5.58 Å². The molecule has 0 atom stereocenters. The van der Waals surface area contributed by atoms with Crippen LogP contribution in [0.25, 0.3) is 11.0 Å². The van der Waals surface area contributed by atoms with Crippen molar-refractivity contribution >= 4 is 16.8 Å². The molecule has 76 valence electrons. The van der Waals surface area contributed by atoms with Crippen molar-refractivity contribution in [3.63, 3.8) is 0 Å². The second-order valence-electron chi connectivity index (χ2n) is 3.20. The van der Waals surface area contributed by atoms with Gasteiger partial charge in [0.2, 0.25) is 5.75 Å². The Bertz CT molecular complexity index is 595. The molecule has 0 fully saturated rings. The monoisotopic (exact) mass is 204 g/mol. The Hall–Kier alpha value is -2.10. The minimum Gasteiger partial charge on any atom is -0.502 e. The first-order valence-electron chi connectivity index (χ1n) is 4.36. The molecule has 0 saturated heterocycles. The lowest BCUT2D eigenvalue weighted by molar-refractivity contribution is 0.101. The molecule has 0 bridgehead atoms. The van der Waals surface area contributed by atoms with Crippen LogP contribution in [0, 0.1) is 0 Å². The first-order valence-corrected chi connectivity index (χ1v) is 4.36. The van der Waals surface area contributed by atoms with Gasteiger partial charge in [0.15, 0.2) is 5.78 Å². The fourth-order valence-corrected chi connectivity index (χ4v) is 1.41. The molecule has 0 spiro atoms. The van der Waals surface area contributed by atoms with Crippen LogP contribution in [0.15, 0.2) is 33.5 Å². The molecular weight excluding hydrogens is 196 g/mol. The molecule has 4 nitrogen and oxygen atoms in total. The summed E-state index contributed by atoms with van der Waals surface area (Å²) < 4.78 is 4.86. The zero-order valence-electron chi connectivity index (χ0n) is 7.98. The van der Waals surface area contributed by atoms with Crippen molar-refractivity contribution in [2.75, 3.05) is 0 Å². The van der Waals surface area contributed by atoms with Crippen LogP contribution in [-0.2, 0) is 0 Å². The van der Waals surface area contributed by atoms with Gasteiger partial charge in [0.05, 0.1) is 5.56 Å². The number of Topliss-reactive ketones (excluding diaryl/α,β-unsaturated/α-hetero) is 1. The van der Waals surface area contributed by atoms with Crippen LogP contribution in [0.1, 0.15) is 17.3 Å². The van der Waals surface area contributed by atoms with E-state index in [-0.39, 0.29) is 11.4 Å². The second kappa shape index (κ2) is 3.24. The highest BCUT2D eigenvalue weighted by atomic mass is 16.4. The Labute approximate surface area is 84.8 Å². The molecule has 0 aliphatic heterocycles. The molecule has 0 amide bonds. The summed E-state index contributed by atoms with van der Waals surface area (Å²) in [5.41, 5.74) is -0.284. The van der Waals surface area contributed by atoms with Crippen molar-refractivity contribution in [1.82, 2.24) is 0 Å². The zero-order valence-corrected chi connectivity index (χ0v) is 7.98. The van der Waals surface area contributed by atoms with Gasteiger partial charge in [-0.15, -0.1) is 0 Å². The number of ketones is 1. The second-order valence-corrected chi connectivity index (χ2v) is 3.20. The fraction of sp³-hybridized carbons (Fsp3) is 0.0909. The van der Waals surface area contributed by atoms with Crippen molar-refractivity contribution < 1.29 is 14.3 Å². The third-order valence-corrected chi connectivity index (χ3v) is 2.12. The van der Waals surface area contributed by atoms with Gasteiger partial charge < -0.3 is 9.52 Å². The highest BCUT2D eigenvalue weighted by Crippen LogP contribution is 2.20. The van der Waals surface area contributed by atoms with E-state index in [9.17, 15) is 9.59 Å². The predicted octanol–water partition coefficient (Wildman–Crippen LogP) is 1.70. The van der Waals surface area contributed by atoms with E-state index in [1.807, 2.05) is 0 Å². The summed E-state index contributed by atoms with van der Waals surface area (Å²) in [6.45, 7) is 1.39. The Morgan fingerprint density at radius 3 is 2.80 bits per heavy atom. The average Bonchev–Trinajstić information content (AvgIpc) is 2.18. The van der Waals surface area contributed by atoms with Gasteiger partial charge in [-0.3, -0.25) is 4.79 Å². The Morgan fingerprint density at radius 1 is 1.40 bits per heavy atom. The van der Waals surface area contributed by atoms with Crippen LogP contribution in [-0.4, -0.2) is 10.9 Å². The van der Waals surface area contributed by atoms with E-state index >= 15 is 0 Å². The minimum atomic E-state index is -0.837. The van der Waals surface area contributed by atoms with E-state index in [2.05, 4.69) is 0 Å². The predicted molar refractivity (Wildman–Crippen MR) is 54.2 cm³/mol. The number of hydrogen-bond donors (Lipinski definition) is 1. The lowest BCUT2D eigenvalue weighted by atomic mass is 10.1. The first kappa shape index (κ1) is 9.45. The smallest absolute Gasteiger partial charge is 0.378 e. The normalized spacial score (nSPS) is 10.5. The number of para-hydroxylation sites is 1. The molecule has 15 heavy (non-hydrogen) atoms. The molecule has 1 aromatic heterocycles. The molecule has 1 heterocycles. The maximum absolute atomic E-state index is 11.2. The Morgan fingerprint density at radius 2 is 2.13 bits per heavy atom. The molecule has 4 heteroatoms. The quantitative estimate of drug-likeness (QED) is 0.567. The van der Waals surface area contributed by atoms with Crippen LogP contribution in [0.4, 0.5) is 0 Å². The molecule has 1 aromatic carbocycles. The molecule has 2 rings (SSSR count). The van der Waals surface area contributed by atoms with Gasteiger partial charge in [0, 0.05) is 5.39 Å². The summed E-state index contributed by atoms with van der Waals surface area (Å²) in [6, 6.07) is 6.18. The molecule has 1 N–H and O–H groups in total. The summed E-state index contributed by atoms with van der Waals surface area (Å²) in [5, 5.41) is 9.68. The van der Waals surface area contributed by atoms with Crippen LogP contribution in [0.2, 0.25) is 0 Å². The topological polar surface area (TPSA) is 67.5 Å². The number of benzene rings is 1. The van der Waals surface area contributed by atoms with E-state index in [0.29, 0.717) is 10.9 Å². The maximum Gasteiger partial charge on any atom is 0.378 e. The van der Waals surface area contributed by atoms with Crippen molar-refractivity contribution in [2.45, 2.75) is 6.92 Å². The SMILES string of the molecule is CC(=O)c1cccc2cc(O)c(=O)oc12. The van der Waals surface area contributed by atoms with Crippen LogP contribution in [0.3, 0.4) is 0 Å². The standard InChI is InChI=1S/C11H8O4/c1-6(12)8-4-2-3-7-5-9(13)11(14)15-10(7)8/h2-5,13H,1H3. The summed E-state index contributed by atoms with van der Waals surface area (Å²) >= 11 is 0. The van der Waals surface area contributed by atoms with E-state index in [4.69, 9.17) is 9.52 Å². The number of hydrogen-bond acceptors (Lipinski definition) is 4. The molecule has 0 aliphatic carbocycles. The lowest BCUT2D eigenvalue weighted by Gasteiger charge is -2.01. The summed E-state index contributed by atoms with van der Waals surface area (Å²) in [6.07, 6.45) is 0. The van der Waals surface area contributed by atoms with E-state index < -0.39 is 11.4 Å². The largest absolute Gasteiger partial charge is 0.502 e. The number of carbonyl (C=O) groups excluding carboxylic acids is 1. The van der Waals surface area contributed by atoms with E-state index in [1.54, 1.807) is 18.2 Å². The van der Waals surface area contributed by atoms with E-state index in [1.165, 1.54) is 13.0 Å². The summed E-state index contributed by atoms with van der Waals surface area (Å²) in [7, 11) is 0. The van der Waals surface area contributed by atoms with Gasteiger partial charge in [0.25, 0.3) is 0 Å². The molecule has 0 radical (unpaired) electrons. The van der Waals surface area contributed by atoms with Crippen molar-refractivity contribution in [2.24, 2.45) is 0 Å². The van der Waals surface area contributed by atoms with Crippen molar-refractivity contribution in [3.8, 4) is 5.75 Å². The third kappa shape index (κ3) is 1.50. The van der Waals surface area contributed by atoms with E-state index in [0.717, 1.165) is 0 Å². The van der Waals surface area contributed by atoms with Crippen LogP contribution in [0.5, 0.6) is 5.75 Å². The van der Waals surface area contributed by atoms with Crippen molar-refractivity contribution in [3.05, 3.63) is 40.2 Å². The van der Waals surface area contributed by atoms with Crippen molar-refractivity contribution in [1.29, 1.82) is 0 Å². The summed E-state index contributed by atoms with van der Waals surface area (Å²) in [5.74, 6) is -0.641. The van der Waals surface area contributed by atoms with Gasteiger partial charge in [-0.1, -0.05) is 12.1 Å². The van der Waals surface area contributed by atoms with Crippen LogP contribution >= 0.6 is 0 Å². The highest BCUT2D eigenvalue weighted by Gasteiger charge is 2.10. The average molecular weight is 204 g/mol. The number of rotatable bonds is 1.